The van der Waals surface area contributed by atoms with E-state index in [1.54, 1.807) is 24.3 Å². The summed E-state index contributed by atoms with van der Waals surface area (Å²) in [7, 11) is 0. The van der Waals surface area contributed by atoms with Gasteiger partial charge in [-0.25, -0.2) is 0 Å². The highest BCUT2D eigenvalue weighted by Gasteiger charge is 2.07. The number of nitrogens with two attached hydrogens (primary N) is 1. The van der Waals surface area contributed by atoms with Crippen molar-refractivity contribution in [2.24, 2.45) is 5.73 Å². The van der Waals surface area contributed by atoms with Crippen molar-refractivity contribution in [1.29, 1.82) is 0 Å². The first kappa shape index (κ1) is 10.1. The maximum absolute atomic E-state index is 11.0. The van der Waals surface area contributed by atoms with Crippen molar-refractivity contribution in [2.45, 2.75) is 0 Å². The highest BCUT2D eigenvalue weighted by Crippen LogP contribution is 2.21. The van der Waals surface area contributed by atoms with Gasteiger partial charge in [0.05, 0.1) is 4.92 Å². The number of nitro benzene ring substituents is 1. The minimum Gasteiger partial charge on any atom is -0.366 e. The molecule has 2 rings (SSSR count). The summed E-state index contributed by atoms with van der Waals surface area (Å²) in [6.07, 6.45) is 0. The summed E-state index contributed by atoms with van der Waals surface area (Å²) < 4.78 is 0. The largest absolute Gasteiger partial charge is 0.366 e. The fourth-order valence-electron chi connectivity index (χ4n) is 1.50. The zero-order valence-electron chi connectivity index (χ0n) is 8.21. The van der Waals surface area contributed by atoms with E-state index in [4.69, 9.17) is 5.73 Å². The molecule has 0 unspecified atom stereocenters. The predicted octanol–water partition coefficient (Wildman–Crippen LogP) is 1.85. The van der Waals surface area contributed by atoms with Crippen molar-refractivity contribution in [1.82, 2.24) is 0 Å². The number of hydrogen-bond donors (Lipinski definition) is 1. The van der Waals surface area contributed by atoms with Gasteiger partial charge in [0.15, 0.2) is 0 Å². The van der Waals surface area contributed by atoms with E-state index < -0.39 is 10.8 Å². The molecule has 0 aliphatic carbocycles. The van der Waals surface area contributed by atoms with Crippen LogP contribution in [0.25, 0.3) is 10.8 Å². The maximum Gasteiger partial charge on any atom is 0.270 e. The zero-order valence-corrected chi connectivity index (χ0v) is 8.21. The first-order valence-electron chi connectivity index (χ1n) is 4.56. The van der Waals surface area contributed by atoms with E-state index in [0.717, 1.165) is 5.39 Å². The number of carbonyl (C=O) groups excluding carboxylic acids is 1. The van der Waals surface area contributed by atoms with Gasteiger partial charge in [-0.2, -0.15) is 0 Å². The number of fused-ring (bicyclic) bond motifs is 1. The van der Waals surface area contributed by atoms with Crippen LogP contribution in [-0.4, -0.2) is 10.8 Å². The molecule has 2 aromatic rings. The van der Waals surface area contributed by atoms with Crippen LogP contribution in [-0.2, 0) is 0 Å². The minimum absolute atomic E-state index is 0.00544. The summed E-state index contributed by atoms with van der Waals surface area (Å²) in [6, 6.07) is 9.33. The second-order valence-electron chi connectivity index (χ2n) is 3.37. The number of benzene rings is 2. The normalized spacial score (nSPS) is 10.2. The molecule has 16 heavy (non-hydrogen) atoms. The summed E-state index contributed by atoms with van der Waals surface area (Å²) in [5.41, 5.74) is 5.47. The molecule has 0 radical (unpaired) electrons. The molecule has 0 bridgehead atoms. The molecule has 0 fully saturated rings. The quantitative estimate of drug-likeness (QED) is 0.613. The number of amides is 1. The van der Waals surface area contributed by atoms with E-state index >= 15 is 0 Å². The SMILES string of the molecule is NC(=O)c1ccc2ccc([N+](=O)[O-])cc2c1. The molecule has 0 aromatic heterocycles. The maximum atomic E-state index is 11.0. The number of hydrogen-bond acceptors (Lipinski definition) is 3. The molecule has 80 valence electrons. The van der Waals surface area contributed by atoms with Gasteiger partial charge in [0.2, 0.25) is 5.91 Å². The Morgan fingerprint density at radius 3 is 2.44 bits per heavy atom. The fraction of sp³-hybridized carbons (Fsp3) is 0. The fourth-order valence-corrected chi connectivity index (χ4v) is 1.50. The van der Waals surface area contributed by atoms with Crippen molar-refractivity contribution in [3.05, 3.63) is 52.1 Å². The van der Waals surface area contributed by atoms with E-state index in [2.05, 4.69) is 0 Å². The van der Waals surface area contributed by atoms with Crippen molar-refractivity contribution in [3.8, 4) is 0 Å². The molecule has 0 aliphatic heterocycles. The number of carbonyl (C=O) groups is 1. The average Bonchev–Trinajstić information content (AvgIpc) is 2.27. The third-order valence-corrected chi connectivity index (χ3v) is 2.32. The molecule has 0 heterocycles. The molecule has 0 aliphatic rings. The third kappa shape index (κ3) is 1.70. The zero-order chi connectivity index (χ0) is 11.7. The Hall–Kier alpha value is -2.43. The van der Waals surface area contributed by atoms with Crippen LogP contribution < -0.4 is 5.73 Å². The van der Waals surface area contributed by atoms with Gasteiger partial charge in [-0.05, 0) is 29.0 Å². The molecule has 0 saturated carbocycles. The van der Waals surface area contributed by atoms with Crippen LogP contribution in [0.5, 0.6) is 0 Å². The average molecular weight is 216 g/mol. The summed E-state index contributed by atoms with van der Waals surface area (Å²) in [6.45, 7) is 0. The molecular weight excluding hydrogens is 208 g/mol. The summed E-state index contributed by atoms with van der Waals surface area (Å²) in [5, 5.41) is 12.0. The first-order chi connectivity index (χ1) is 7.58. The lowest BCUT2D eigenvalue weighted by Crippen LogP contribution is -2.10. The Balaban J connectivity index is 2.65. The van der Waals surface area contributed by atoms with Crippen LogP contribution in [0.4, 0.5) is 5.69 Å². The smallest absolute Gasteiger partial charge is 0.270 e. The predicted molar refractivity (Wildman–Crippen MR) is 59.1 cm³/mol. The molecule has 2 N–H and O–H groups in total. The number of primary amides is 1. The first-order valence-corrected chi connectivity index (χ1v) is 4.56. The van der Waals surface area contributed by atoms with Gasteiger partial charge < -0.3 is 5.73 Å². The molecule has 2 aromatic carbocycles. The Bertz CT molecular complexity index is 544. The van der Waals surface area contributed by atoms with Gasteiger partial charge in [0.1, 0.15) is 0 Å². The standard InChI is InChI=1S/C11H8N2O3/c12-11(14)8-2-1-7-3-4-10(13(15)16)6-9(7)5-8/h1-6H,(H2,12,14). The minimum atomic E-state index is -0.548. The molecule has 0 atom stereocenters. The second kappa shape index (κ2) is 3.62. The van der Waals surface area contributed by atoms with E-state index in [9.17, 15) is 14.9 Å². The van der Waals surface area contributed by atoms with Crippen LogP contribution >= 0.6 is 0 Å². The van der Waals surface area contributed by atoms with Gasteiger partial charge in [-0.3, -0.25) is 14.9 Å². The Morgan fingerprint density at radius 1 is 1.12 bits per heavy atom. The number of non-ortho nitro benzene ring substituents is 1. The third-order valence-electron chi connectivity index (χ3n) is 2.32. The van der Waals surface area contributed by atoms with E-state index in [1.165, 1.54) is 12.1 Å². The van der Waals surface area contributed by atoms with Gasteiger partial charge in [-0.1, -0.05) is 6.07 Å². The van der Waals surface area contributed by atoms with Crippen molar-refractivity contribution >= 4 is 22.4 Å². The van der Waals surface area contributed by atoms with Crippen LogP contribution in [0.3, 0.4) is 0 Å². The van der Waals surface area contributed by atoms with Crippen molar-refractivity contribution in [2.75, 3.05) is 0 Å². The van der Waals surface area contributed by atoms with Crippen LogP contribution in [0.2, 0.25) is 0 Å². The van der Waals surface area contributed by atoms with Gasteiger partial charge in [-0.15, -0.1) is 0 Å². The van der Waals surface area contributed by atoms with Crippen molar-refractivity contribution in [3.63, 3.8) is 0 Å². The second-order valence-corrected chi connectivity index (χ2v) is 3.37. The number of nitrogens with zero attached hydrogens (tertiary/aromatic N) is 1. The lowest BCUT2D eigenvalue weighted by Gasteiger charge is -2.00. The highest BCUT2D eigenvalue weighted by atomic mass is 16.6. The van der Waals surface area contributed by atoms with Crippen LogP contribution in [0.15, 0.2) is 36.4 Å². The summed E-state index contributed by atoms with van der Waals surface area (Å²) >= 11 is 0. The van der Waals surface area contributed by atoms with Gasteiger partial charge >= 0.3 is 0 Å². The van der Waals surface area contributed by atoms with E-state index in [0.29, 0.717) is 10.9 Å². The lowest BCUT2D eigenvalue weighted by atomic mass is 10.1. The lowest BCUT2D eigenvalue weighted by molar-refractivity contribution is -0.384. The number of rotatable bonds is 2. The molecule has 5 nitrogen and oxygen atoms in total. The summed E-state index contributed by atoms with van der Waals surface area (Å²) in [5.74, 6) is -0.548. The summed E-state index contributed by atoms with van der Waals surface area (Å²) in [4.78, 5) is 21.1. The molecule has 5 heteroatoms. The Morgan fingerprint density at radius 2 is 1.81 bits per heavy atom. The monoisotopic (exact) mass is 216 g/mol. The van der Waals surface area contributed by atoms with E-state index in [-0.39, 0.29) is 5.69 Å². The van der Waals surface area contributed by atoms with Gasteiger partial charge in [0.25, 0.3) is 5.69 Å². The molecule has 0 spiro atoms. The molecule has 0 saturated heterocycles. The van der Waals surface area contributed by atoms with Crippen LogP contribution in [0.1, 0.15) is 10.4 Å². The molecule has 1 amide bonds. The molecular formula is C11H8N2O3. The van der Waals surface area contributed by atoms with E-state index in [1.807, 2.05) is 0 Å². The van der Waals surface area contributed by atoms with Crippen molar-refractivity contribution < 1.29 is 9.72 Å². The van der Waals surface area contributed by atoms with Crippen LogP contribution in [0, 0.1) is 10.1 Å². The van der Waals surface area contributed by atoms with Gasteiger partial charge in [0, 0.05) is 17.7 Å². The Labute approximate surface area is 90.6 Å². The Kier molecular flexibility index (Phi) is 2.28. The number of nitro groups is 1. The highest BCUT2D eigenvalue weighted by molar-refractivity contribution is 5.98. The topological polar surface area (TPSA) is 86.2 Å².